The molecular weight excluding hydrogens is 206 g/mol. The number of carboxylic acid groups (broad SMARTS) is 1. The number of nitrogens with zero attached hydrogens (tertiary/aromatic N) is 1. The van der Waals surface area contributed by atoms with Crippen molar-refractivity contribution < 1.29 is 14.7 Å². The SMILES string of the molecule is CN(CC1CCCC1)C(=O)C1(C(=O)O)CC1. The van der Waals surface area contributed by atoms with Crippen molar-refractivity contribution in [3.63, 3.8) is 0 Å². The second kappa shape index (κ2) is 4.07. The minimum absolute atomic E-state index is 0.188. The lowest BCUT2D eigenvalue weighted by atomic mass is 10.0. The Labute approximate surface area is 95.6 Å². The molecule has 4 nitrogen and oxygen atoms in total. The molecule has 0 atom stereocenters. The number of carboxylic acids is 1. The van der Waals surface area contributed by atoms with Gasteiger partial charge in [0, 0.05) is 13.6 Å². The number of aliphatic carboxylic acids is 1. The maximum Gasteiger partial charge on any atom is 0.319 e. The molecule has 0 saturated heterocycles. The lowest BCUT2D eigenvalue weighted by Gasteiger charge is -2.24. The Bertz CT molecular complexity index is 303. The maximum absolute atomic E-state index is 12.0. The molecule has 0 unspecified atom stereocenters. The molecule has 2 aliphatic carbocycles. The normalized spacial score (nSPS) is 23.1. The lowest BCUT2D eigenvalue weighted by molar-refractivity contribution is -0.153. The van der Waals surface area contributed by atoms with Crippen molar-refractivity contribution in [1.29, 1.82) is 0 Å². The minimum Gasteiger partial charge on any atom is -0.480 e. The highest BCUT2D eigenvalue weighted by molar-refractivity contribution is 6.04. The predicted octanol–water partition coefficient (Wildman–Crippen LogP) is 1.50. The molecule has 0 radical (unpaired) electrons. The summed E-state index contributed by atoms with van der Waals surface area (Å²) in [6.45, 7) is 0.730. The quantitative estimate of drug-likeness (QED) is 0.738. The Balaban J connectivity index is 1.91. The smallest absolute Gasteiger partial charge is 0.319 e. The largest absolute Gasteiger partial charge is 0.480 e. The molecule has 2 aliphatic rings. The fourth-order valence-electron chi connectivity index (χ4n) is 2.67. The summed E-state index contributed by atoms with van der Waals surface area (Å²) in [6.07, 6.45) is 5.87. The van der Waals surface area contributed by atoms with Crippen LogP contribution < -0.4 is 0 Å². The Morgan fingerprint density at radius 3 is 2.31 bits per heavy atom. The molecule has 0 aromatic carbocycles. The van der Waals surface area contributed by atoms with Gasteiger partial charge in [-0.1, -0.05) is 12.8 Å². The van der Waals surface area contributed by atoms with E-state index in [1.165, 1.54) is 25.7 Å². The summed E-state index contributed by atoms with van der Waals surface area (Å²) in [4.78, 5) is 24.7. The minimum atomic E-state index is -1.06. The van der Waals surface area contributed by atoms with E-state index in [0.717, 1.165) is 6.54 Å². The van der Waals surface area contributed by atoms with Gasteiger partial charge in [-0.2, -0.15) is 0 Å². The highest BCUT2D eigenvalue weighted by atomic mass is 16.4. The lowest BCUT2D eigenvalue weighted by Crippen LogP contribution is -2.40. The van der Waals surface area contributed by atoms with E-state index >= 15 is 0 Å². The van der Waals surface area contributed by atoms with Crippen molar-refractivity contribution in [2.75, 3.05) is 13.6 Å². The van der Waals surface area contributed by atoms with Crippen molar-refractivity contribution in [3.05, 3.63) is 0 Å². The third-order valence-corrected chi connectivity index (χ3v) is 3.92. The van der Waals surface area contributed by atoms with Gasteiger partial charge in [-0.05, 0) is 31.6 Å². The average molecular weight is 225 g/mol. The van der Waals surface area contributed by atoms with Gasteiger partial charge in [0.2, 0.25) is 5.91 Å². The van der Waals surface area contributed by atoms with Crippen LogP contribution in [0.5, 0.6) is 0 Å². The first-order valence-electron chi connectivity index (χ1n) is 6.05. The van der Waals surface area contributed by atoms with E-state index in [-0.39, 0.29) is 5.91 Å². The van der Waals surface area contributed by atoms with Gasteiger partial charge < -0.3 is 10.0 Å². The zero-order valence-corrected chi connectivity index (χ0v) is 9.74. The van der Waals surface area contributed by atoms with Gasteiger partial charge in [-0.15, -0.1) is 0 Å². The summed E-state index contributed by atoms with van der Waals surface area (Å²) >= 11 is 0. The Hall–Kier alpha value is -1.06. The molecule has 1 amide bonds. The molecule has 0 bridgehead atoms. The Morgan fingerprint density at radius 2 is 1.88 bits per heavy atom. The molecule has 0 aromatic rings. The highest BCUT2D eigenvalue weighted by Gasteiger charge is 2.58. The summed E-state index contributed by atoms with van der Waals surface area (Å²) in [5.41, 5.74) is -1.06. The van der Waals surface area contributed by atoms with Crippen LogP contribution >= 0.6 is 0 Å². The van der Waals surface area contributed by atoms with Crippen LogP contribution in [0.3, 0.4) is 0 Å². The second-order valence-corrected chi connectivity index (χ2v) is 5.22. The topological polar surface area (TPSA) is 57.6 Å². The molecule has 4 heteroatoms. The Kier molecular flexibility index (Phi) is 2.91. The monoisotopic (exact) mass is 225 g/mol. The van der Waals surface area contributed by atoms with Crippen LogP contribution in [0.15, 0.2) is 0 Å². The fraction of sp³-hybridized carbons (Fsp3) is 0.833. The second-order valence-electron chi connectivity index (χ2n) is 5.22. The molecule has 0 heterocycles. The first-order chi connectivity index (χ1) is 7.56. The van der Waals surface area contributed by atoms with E-state index in [1.54, 1.807) is 11.9 Å². The Morgan fingerprint density at radius 1 is 1.31 bits per heavy atom. The molecule has 2 fully saturated rings. The molecule has 2 saturated carbocycles. The van der Waals surface area contributed by atoms with Gasteiger partial charge in [0.05, 0.1) is 0 Å². The van der Waals surface area contributed by atoms with E-state index in [9.17, 15) is 9.59 Å². The van der Waals surface area contributed by atoms with Crippen LogP contribution in [0.25, 0.3) is 0 Å². The van der Waals surface area contributed by atoms with Crippen LogP contribution in [-0.4, -0.2) is 35.5 Å². The summed E-state index contributed by atoms with van der Waals surface area (Å²) in [7, 11) is 1.74. The zero-order chi connectivity index (χ0) is 11.8. The number of carbonyl (C=O) groups is 2. The van der Waals surface area contributed by atoms with Crippen molar-refractivity contribution in [2.24, 2.45) is 11.3 Å². The van der Waals surface area contributed by atoms with Gasteiger partial charge in [-0.25, -0.2) is 0 Å². The van der Waals surface area contributed by atoms with E-state index in [2.05, 4.69) is 0 Å². The van der Waals surface area contributed by atoms with Crippen LogP contribution in [0.1, 0.15) is 38.5 Å². The van der Waals surface area contributed by atoms with Crippen LogP contribution in [0, 0.1) is 11.3 Å². The number of rotatable bonds is 4. The van der Waals surface area contributed by atoms with Gasteiger partial charge in [0.15, 0.2) is 0 Å². The summed E-state index contributed by atoms with van der Waals surface area (Å²) in [6, 6.07) is 0. The standard InChI is InChI=1S/C12H19NO3/c1-13(8-9-4-2-3-5-9)10(14)12(6-7-12)11(15)16/h9H,2-8H2,1H3,(H,15,16). The van der Waals surface area contributed by atoms with E-state index in [4.69, 9.17) is 5.11 Å². The third kappa shape index (κ3) is 1.93. The maximum atomic E-state index is 12.0. The number of hydrogen-bond acceptors (Lipinski definition) is 2. The molecule has 2 rings (SSSR count). The predicted molar refractivity (Wildman–Crippen MR) is 58.9 cm³/mol. The number of hydrogen-bond donors (Lipinski definition) is 1. The fourth-order valence-corrected chi connectivity index (χ4v) is 2.67. The molecular formula is C12H19NO3. The molecule has 16 heavy (non-hydrogen) atoms. The average Bonchev–Trinajstić information content (AvgIpc) is 2.91. The molecule has 0 spiro atoms. The van der Waals surface area contributed by atoms with Crippen molar-refractivity contribution in [3.8, 4) is 0 Å². The summed E-state index contributed by atoms with van der Waals surface area (Å²) in [5.74, 6) is -0.554. The summed E-state index contributed by atoms with van der Waals surface area (Å²) in [5, 5.41) is 9.04. The van der Waals surface area contributed by atoms with Crippen LogP contribution in [0.2, 0.25) is 0 Å². The molecule has 0 aromatic heterocycles. The van der Waals surface area contributed by atoms with Gasteiger partial charge in [0.1, 0.15) is 5.41 Å². The number of amides is 1. The van der Waals surface area contributed by atoms with Crippen LogP contribution in [0.4, 0.5) is 0 Å². The molecule has 90 valence electrons. The van der Waals surface area contributed by atoms with E-state index < -0.39 is 11.4 Å². The van der Waals surface area contributed by atoms with Crippen molar-refractivity contribution in [1.82, 2.24) is 4.90 Å². The third-order valence-electron chi connectivity index (χ3n) is 3.92. The van der Waals surface area contributed by atoms with Crippen molar-refractivity contribution in [2.45, 2.75) is 38.5 Å². The zero-order valence-electron chi connectivity index (χ0n) is 9.74. The van der Waals surface area contributed by atoms with Crippen molar-refractivity contribution >= 4 is 11.9 Å². The first-order valence-corrected chi connectivity index (χ1v) is 6.05. The summed E-state index contributed by atoms with van der Waals surface area (Å²) < 4.78 is 0. The van der Waals surface area contributed by atoms with Gasteiger partial charge in [-0.3, -0.25) is 9.59 Å². The van der Waals surface area contributed by atoms with E-state index in [1.807, 2.05) is 0 Å². The molecule has 1 N–H and O–H groups in total. The highest BCUT2D eigenvalue weighted by Crippen LogP contribution is 2.47. The van der Waals surface area contributed by atoms with E-state index in [0.29, 0.717) is 18.8 Å². The van der Waals surface area contributed by atoms with Gasteiger partial charge in [0.25, 0.3) is 0 Å². The molecule has 0 aliphatic heterocycles. The number of carbonyl (C=O) groups excluding carboxylic acids is 1. The van der Waals surface area contributed by atoms with Crippen LogP contribution in [-0.2, 0) is 9.59 Å². The first kappa shape index (κ1) is 11.4. The van der Waals surface area contributed by atoms with Gasteiger partial charge >= 0.3 is 5.97 Å².